The molecule has 4 nitrogen and oxygen atoms in total. The van der Waals surface area contributed by atoms with Crippen molar-refractivity contribution < 1.29 is 27.9 Å². The number of benzene rings is 1. The van der Waals surface area contributed by atoms with Gasteiger partial charge in [0.25, 0.3) is 5.91 Å². The van der Waals surface area contributed by atoms with Gasteiger partial charge in [-0.2, -0.15) is 0 Å². The molecule has 1 aliphatic rings. The van der Waals surface area contributed by atoms with Gasteiger partial charge in [0.05, 0.1) is 0 Å². The maximum atomic E-state index is 13.1. The Balaban J connectivity index is 2.04. The molecule has 114 valence electrons. The molecule has 7 heteroatoms. The summed E-state index contributed by atoms with van der Waals surface area (Å²) in [5.74, 6) is -5.89. The monoisotopic (exact) mass is 301 g/mol. The van der Waals surface area contributed by atoms with Gasteiger partial charge in [-0.05, 0) is 30.9 Å². The minimum Gasteiger partial charge on any atom is -0.481 e. The molecule has 0 unspecified atom stereocenters. The lowest BCUT2D eigenvalue weighted by molar-refractivity contribution is -0.138. The van der Waals surface area contributed by atoms with Crippen LogP contribution in [0.3, 0.4) is 0 Å². The molecule has 1 aliphatic heterocycles. The van der Waals surface area contributed by atoms with E-state index in [1.165, 1.54) is 4.90 Å². The van der Waals surface area contributed by atoms with Gasteiger partial charge in [-0.1, -0.05) is 0 Å². The fourth-order valence-corrected chi connectivity index (χ4v) is 2.45. The SMILES string of the molecule is O=C(O)CC1CCN(C(=O)c2cc(F)c(F)c(F)c2)CC1. The quantitative estimate of drug-likeness (QED) is 0.872. The van der Waals surface area contributed by atoms with Crippen LogP contribution in [0.15, 0.2) is 12.1 Å². The lowest BCUT2D eigenvalue weighted by Gasteiger charge is -2.31. The van der Waals surface area contributed by atoms with E-state index in [-0.39, 0.29) is 17.9 Å². The standard InChI is InChI=1S/C14H14F3NO3/c15-10-6-9(7-11(16)13(10)17)14(21)18-3-1-8(2-4-18)5-12(19)20/h6-8H,1-5H2,(H,19,20). The van der Waals surface area contributed by atoms with Gasteiger partial charge in [0.2, 0.25) is 0 Å². The number of rotatable bonds is 3. The summed E-state index contributed by atoms with van der Waals surface area (Å²) in [6, 6.07) is 1.34. The second-order valence-corrected chi connectivity index (χ2v) is 5.09. The second-order valence-electron chi connectivity index (χ2n) is 5.09. The van der Waals surface area contributed by atoms with E-state index in [2.05, 4.69) is 0 Å². The molecule has 0 atom stereocenters. The summed E-state index contributed by atoms with van der Waals surface area (Å²) in [4.78, 5) is 24.1. The number of carboxylic acid groups (broad SMARTS) is 1. The van der Waals surface area contributed by atoms with E-state index in [0.29, 0.717) is 38.1 Å². The fourth-order valence-electron chi connectivity index (χ4n) is 2.45. The van der Waals surface area contributed by atoms with Gasteiger partial charge < -0.3 is 10.0 Å². The van der Waals surface area contributed by atoms with Crippen LogP contribution in [-0.2, 0) is 4.79 Å². The molecule has 1 heterocycles. The number of piperidine rings is 1. The van der Waals surface area contributed by atoms with Crippen LogP contribution in [-0.4, -0.2) is 35.0 Å². The summed E-state index contributed by atoms with van der Waals surface area (Å²) in [6.07, 6.45) is 1.08. The molecule has 0 aliphatic carbocycles. The molecule has 0 aromatic heterocycles. The van der Waals surface area contributed by atoms with E-state index in [0.717, 1.165) is 0 Å². The zero-order valence-corrected chi connectivity index (χ0v) is 11.1. The molecule has 0 bridgehead atoms. The van der Waals surface area contributed by atoms with Crippen LogP contribution in [0.1, 0.15) is 29.6 Å². The lowest BCUT2D eigenvalue weighted by Crippen LogP contribution is -2.39. The van der Waals surface area contributed by atoms with Gasteiger partial charge >= 0.3 is 5.97 Å². The van der Waals surface area contributed by atoms with E-state index < -0.39 is 29.3 Å². The Labute approximate surface area is 119 Å². The highest BCUT2D eigenvalue weighted by Gasteiger charge is 2.26. The van der Waals surface area contributed by atoms with Crippen LogP contribution < -0.4 is 0 Å². The van der Waals surface area contributed by atoms with Gasteiger partial charge in [0.15, 0.2) is 17.5 Å². The van der Waals surface area contributed by atoms with Crippen molar-refractivity contribution >= 4 is 11.9 Å². The molecule has 0 spiro atoms. The van der Waals surface area contributed by atoms with Gasteiger partial charge in [-0.3, -0.25) is 9.59 Å². The van der Waals surface area contributed by atoms with Crippen molar-refractivity contribution in [2.75, 3.05) is 13.1 Å². The van der Waals surface area contributed by atoms with E-state index in [4.69, 9.17) is 5.11 Å². The number of likely N-dealkylation sites (tertiary alicyclic amines) is 1. The van der Waals surface area contributed by atoms with Crippen LogP contribution in [0.25, 0.3) is 0 Å². The van der Waals surface area contributed by atoms with E-state index in [1.807, 2.05) is 0 Å². The minimum atomic E-state index is -1.60. The molecule has 2 rings (SSSR count). The first-order valence-corrected chi connectivity index (χ1v) is 6.54. The Bertz CT molecular complexity index is 546. The number of hydrogen-bond acceptors (Lipinski definition) is 2. The average molecular weight is 301 g/mol. The number of carboxylic acids is 1. The van der Waals surface area contributed by atoms with Crippen molar-refractivity contribution in [3.8, 4) is 0 Å². The zero-order valence-electron chi connectivity index (χ0n) is 11.1. The highest BCUT2D eigenvalue weighted by Crippen LogP contribution is 2.23. The summed E-state index contributed by atoms with van der Waals surface area (Å²) in [6.45, 7) is 0.634. The average Bonchev–Trinajstić information content (AvgIpc) is 2.43. The van der Waals surface area contributed by atoms with Crippen LogP contribution >= 0.6 is 0 Å². The normalized spacial score (nSPS) is 16.0. The van der Waals surface area contributed by atoms with Crippen molar-refractivity contribution in [2.45, 2.75) is 19.3 Å². The highest BCUT2D eigenvalue weighted by atomic mass is 19.2. The molecule has 21 heavy (non-hydrogen) atoms. The number of hydrogen-bond donors (Lipinski definition) is 1. The Morgan fingerprint density at radius 1 is 1.14 bits per heavy atom. The number of amides is 1. The van der Waals surface area contributed by atoms with Gasteiger partial charge in [0.1, 0.15) is 0 Å². The predicted octanol–water partition coefficient (Wildman–Crippen LogP) is 2.43. The topological polar surface area (TPSA) is 57.6 Å². The molecule has 0 radical (unpaired) electrons. The largest absolute Gasteiger partial charge is 0.481 e. The smallest absolute Gasteiger partial charge is 0.303 e. The van der Waals surface area contributed by atoms with Crippen LogP contribution in [0, 0.1) is 23.4 Å². The third-order valence-corrected chi connectivity index (χ3v) is 3.60. The number of carbonyl (C=O) groups excluding carboxylic acids is 1. The number of aliphatic carboxylic acids is 1. The molecule has 0 saturated carbocycles. The van der Waals surface area contributed by atoms with Crippen LogP contribution in [0.2, 0.25) is 0 Å². The first-order valence-electron chi connectivity index (χ1n) is 6.54. The number of nitrogens with zero attached hydrogens (tertiary/aromatic N) is 1. The minimum absolute atomic E-state index is 0.00626. The number of halogens is 3. The summed E-state index contributed by atoms with van der Waals surface area (Å²) in [7, 11) is 0. The van der Waals surface area contributed by atoms with Gasteiger partial charge in [-0.25, -0.2) is 13.2 Å². The van der Waals surface area contributed by atoms with E-state index >= 15 is 0 Å². The van der Waals surface area contributed by atoms with E-state index in [1.54, 1.807) is 0 Å². The van der Waals surface area contributed by atoms with Crippen molar-refractivity contribution in [2.24, 2.45) is 5.92 Å². The van der Waals surface area contributed by atoms with Gasteiger partial charge in [0, 0.05) is 25.1 Å². The van der Waals surface area contributed by atoms with Crippen molar-refractivity contribution in [1.82, 2.24) is 4.90 Å². The molecular weight excluding hydrogens is 287 g/mol. The zero-order chi connectivity index (χ0) is 15.6. The Morgan fingerprint density at radius 3 is 2.14 bits per heavy atom. The summed E-state index contributed by atoms with van der Waals surface area (Å²) >= 11 is 0. The Morgan fingerprint density at radius 2 is 1.67 bits per heavy atom. The maximum Gasteiger partial charge on any atom is 0.303 e. The first kappa shape index (κ1) is 15.3. The number of carbonyl (C=O) groups is 2. The van der Waals surface area contributed by atoms with Crippen molar-refractivity contribution in [1.29, 1.82) is 0 Å². The Kier molecular flexibility index (Phi) is 4.50. The molecular formula is C14H14F3NO3. The summed E-state index contributed by atoms with van der Waals surface area (Å²) in [5, 5.41) is 8.71. The Hall–Kier alpha value is -2.05. The van der Waals surface area contributed by atoms with E-state index in [9.17, 15) is 22.8 Å². The molecule has 1 saturated heterocycles. The van der Waals surface area contributed by atoms with Crippen molar-refractivity contribution in [3.63, 3.8) is 0 Å². The highest BCUT2D eigenvalue weighted by molar-refractivity contribution is 5.94. The van der Waals surface area contributed by atoms with Gasteiger partial charge in [-0.15, -0.1) is 0 Å². The molecule has 1 fully saturated rings. The first-order chi connectivity index (χ1) is 9.88. The molecule has 1 aromatic carbocycles. The third-order valence-electron chi connectivity index (χ3n) is 3.60. The molecule has 1 N–H and O–H groups in total. The molecule has 1 aromatic rings. The summed E-state index contributed by atoms with van der Waals surface area (Å²) in [5.41, 5.74) is -0.247. The fraction of sp³-hybridized carbons (Fsp3) is 0.429. The van der Waals surface area contributed by atoms with Crippen LogP contribution in [0.5, 0.6) is 0 Å². The predicted molar refractivity (Wildman–Crippen MR) is 67.2 cm³/mol. The third kappa shape index (κ3) is 3.53. The maximum absolute atomic E-state index is 13.1. The summed E-state index contributed by atoms with van der Waals surface area (Å²) < 4.78 is 39.1. The van der Waals surface area contributed by atoms with Crippen molar-refractivity contribution in [3.05, 3.63) is 35.1 Å². The lowest BCUT2D eigenvalue weighted by atomic mass is 9.93. The van der Waals surface area contributed by atoms with Crippen LogP contribution in [0.4, 0.5) is 13.2 Å². The molecule has 1 amide bonds. The second kappa shape index (κ2) is 6.15.